The van der Waals surface area contributed by atoms with Crippen LogP contribution < -0.4 is 4.74 Å². The number of carbonyl (C=O) groups excluding carboxylic acids is 2. The standard InChI is InChI=1S/C19H15NO4/c1-12-3-7-15(8-4-12)18-20-17(19(22)24-18)11-14-5-9-16(10-6-14)23-13(2)21/h3-11H,1-2H3/b17-11+. The molecule has 1 heterocycles. The Bertz CT molecular complexity index is 846. The Morgan fingerprint density at radius 1 is 1.08 bits per heavy atom. The number of aliphatic imine (C=N–C) groups is 1. The summed E-state index contributed by atoms with van der Waals surface area (Å²) in [6.07, 6.45) is 1.63. The molecule has 0 saturated carbocycles. The van der Waals surface area contributed by atoms with Crippen LogP contribution >= 0.6 is 0 Å². The lowest BCUT2D eigenvalue weighted by atomic mass is 10.1. The Hall–Kier alpha value is -3.21. The summed E-state index contributed by atoms with van der Waals surface area (Å²) in [5, 5.41) is 0. The maximum Gasteiger partial charge on any atom is 0.363 e. The van der Waals surface area contributed by atoms with E-state index in [1.165, 1.54) is 6.92 Å². The number of cyclic esters (lactones) is 1. The van der Waals surface area contributed by atoms with Crippen molar-refractivity contribution in [1.29, 1.82) is 0 Å². The number of nitrogens with zero attached hydrogens (tertiary/aromatic N) is 1. The van der Waals surface area contributed by atoms with Crippen LogP contribution in [0.1, 0.15) is 23.6 Å². The van der Waals surface area contributed by atoms with E-state index >= 15 is 0 Å². The first-order valence-electron chi connectivity index (χ1n) is 7.39. The number of carbonyl (C=O) groups is 2. The molecule has 0 aromatic heterocycles. The summed E-state index contributed by atoms with van der Waals surface area (Å²) in [5.41, 5.74) is 2.85. The molecule has 0 saturated heterocycles. The fourth-order valence-corrected chi connectivity index (χ4v) is 2.18. The first-order chi connectivity index (χ1) is 11.5. The van der Waals surface area contributed by atoms with Gasteiger partial charge in [-0.3, -0.25) is 4.79 Å². The van der Waals surface area contributed by atoms with Gasteiger partial charge in [0.2, 0.25) is 5.90 Å². The zero-order valence-electron chi connectivity index (χ0n) is 13.3. The lowest BCUT2D eigenvalue weighted by Gasteiger charge is -2.00. The first kappa shape index (κ1) is 15.7. The Labute approximate surface area is 139 Å². The van der Waals surface area contributed by atoms with E-state index in [-0.39, 0.29) is 11.7 Å². The predicted octanol–water partition coefficient (Wildman–Crippen LogP) is 3.26. The molecule has 2 aromatic rings. The van der Waals surface area contributed by atoms with Crippen LogP contribution in [0.5, 0.6) is 5.75 Å². The average Bonchev–Trinajstić information content (AvgIpc) is 2.90. The van der Waals surface area contributed by atoms with Crippen LogP contribution in [0.15, 0.2) is 59.2 Å². The molecule has 1 aliphatic heterocycles. The van der Waals surface area contributed by atoms with E-state index in [0.29, 0.717) is 11.6 Å². The van der Waals surface area contributed by atoms with Gasteiger partial charge in [-0.05, 0) is 42.8 Å². The van der Waals surface area contributed by atoms with Crippen molar-refractivity contribution in [2.45, 2.75) is 13.8 Å². The highest BCUT2D eigenvalue weighted by molar-refractivity contribution is 6.12. The summed E-state index contributed by atoms with van der Waals surface area (Å²) in [4.78, 5) is 27.1. The first-order valence-corrected chi connectivity index (χ1v) is 7.39. The van der Waals surface area contributed by atoms with Crippen molar-refractivity contribution in [1.82, 2.24) is 0 Å². The van der Waals surface area contributed by atoms with Crippen LogP contribution in [0.3, 0.4) is 0 Å². The maximum atomic E-state index is 12.0. The molecule has 0 unspecified atom stereocenters. The van der Waals surface area contributed by atoms with Gasteiger partial charge >= 0.3 is 11.9 Å². The minimum absolute atomic E-state index is 0.228. The molecule has 5 heteroatoms. The molecule has 0 aliphatic carbocycles. The molecule has 0 bridgehead atoms. The summed E-state index contributed by atoms with van der Waals surface area (Å²) in [6, 6.07) is 14.4. The van der Waals surface area contributed by atoms with Crippen molar-refractivity contribution >= 4 is 23.9 Å². The highest BCUT2D eigenvalue weighted by atomic mass is 16.6. The van der Waals surface area contributed by atoms with E-state index in [1.807, 2.05) is 31.2 Å². The largest absolute Gasteiger partial charge is 0.427 e. The van der Waals surface area contributed by atoms with Gasteiger partial charge in [0.15, 0.2) is 5.70 Å². The van der Waals surface area contributed by atoms with Crippen LogP contribution in [0.25, 0.3) is 6.08 Å². The van der Waals surface area contributed by atoms with Crippen LogP contribution in [0, 0.1) is 6.92 Å². The quantitative estimate of drug-likeness (QED) is 0.494. The van der Waals surface area contributed by atoms with Gasteiger partial charge in [-0.25, -0.2) is 9.79 Å². The van der Waals surface area contributed by atoms with Gasteiger partial charge in [-0.2, -0.15) is 0 Å². The summed E-state index contributed by atoms with van der Waals surface area (Å²) in [6.45, 7) is 3.32. The molecule has 0 N–H and O–H groups in total. The lowest BCUT2D eigenvalue weighted by Crippen LogP contribution is -2.05. The molecule has 2 aromatic carbocycles. The maximum absolute atomic E-state index is 12.0. The summed E-state index contributed by atoms with van der Waals surface area (Å²) in [5.74, 6) is -0.132. The highest BCUT2D eigenvalue weighted by Crippen LogP contribution is 2.20. The fraction of sp³-hybridized carbons (Fsp3) is 0.105. The van der Waals surface area contributed by atoms with Gasteiger partial charge in [0.1, 0.15) is 5.75 Å². The molecule has 0 radical (unpaired) electrons. The van der Waals surface area contributed by atoms with Gasteiger partial charge in [0.25, 0.3) is 0 Å². The fourth-order valence-electron chi connectivity index (χ4n) is 2.18. The normalized spacial score (nSPS) is 15.2. The van der Waals surface area contributed by atoms with Crippen molar-refractivity contribution in [3.05, 3.63) is 70.9 Å². The number of ether oxygens (including phenoxy) is 2. The van der Waals surface area contributed by atoms with E-state index in [2.05, 4.69) is 4.99 Å². The second-order valence-electron chi connectivity index (χ2n) is 5.36. The molecule has 120 valence electrons. The topological polar surface area (TPSA) is 65.0 Å². The van der Waals surface area contributed by atoms with E-state index in [0.717, 1.165) is 16.7 Å². The van der Waals surface area contributed by atoms with Gasteiger partial charge in [0, 0.05) is 12.5 Å². The average molecular weight is 321 g/mol. The van der Waals surface area contributed by atoms with Gasteiger partial charge < -0.3 is 9.47 Å². The Morgan fingerprint density at radius 2 is 1.75 bits per heavy atom. The summed E-state index contributed by atoms with van der Waals surface area (Å²) >= 11 is 0. The summed E-state index contributed by atoms with van der Waals surface area (Å²) < 4.78 is 10.2. The molecule has 0 amide bonds. The summed E-state index contributed by atoms with van der Waals surface area (Å²) in [7, 11) is 0. The molecule has 3 rings (SSSR count). The van der Waals surface area contributed by atoms with Crippen LogP contribution in [-0.4, -0.2) is 17.8 Å². The van der Waals surface area contributed by atoms with Crippen LogP contribution in [0.2, 0.25) is 0 Å². The third-order valence-electron chi connectivity index (χ3n) is 3.36. The number of aryl methyl sites for hydroxylation is 1. The smallest absolute Gasteiger partial charge is 0.363 e. The van der Waals surface area contributed by atoms with Gasteiger partial charge in [-0.1, -0.05) is 29.8 Å². The molecule has 0 atom stereocenters. The Kier molecular flexibility index (Phi) is 4.24. The number of benzene rings is 2. The van der Waals surface area contributed by atoms with Gasteiger partial charge in [0.05, 0.1) is 0 Å². The molecule has 0 fully saturated rings. The molecular weight excluding hydrogens is 306 g/mol. The second kappa shape index (κ2) is 6.50. The van der Waals surface area contributed by atoms with E-state index in [4.69, 9.17) is 9.47 Å². The highest BCUT2D eigenvalue weighted by Gasteiger charge is 2.23. The van der Waals surface area contributed by atoms with Crippen LogP contribution in [-0.2, 0) is 14.3 Å². The minimum atomic E-state index is -0.491. The zero-order chi connectivity index (χ0) is 17.1. The van der Waals surface area contributed by atoms with Gasteiger partial charge in [-0.15, -0.1) is 0 Å². The lowest BCUT2D eigenvalue weighted by molar-refractivity contribution is -0.132. The van der Waals surface area contributed by atoms with E-state index in [9.17, 15) is 9.59 Å². The van der Waals surface area contributed by atoms with Crippen molar-refractivity contribution in [3.8, 4) is 5.75 Å². The molecular formula is C19H15NO4. The van der Waals surface area contributed by atoms with Crippen molar-refractivity contribution in [3.63, 3.8) is 0 Å². The molecule has 24 heavy (non-hydrogen) atoms. The van der Waals surface area contributed by atoms with Crippen molar-refractivity contribution in [2.75, 3.05) is 0 Å². The zero-order valence-corrected chi connectivity index (χ0v) is 13.3. The third kappa shape index (κ3) is 3.57. The SMILES string of the molecule is CC(=O)Oc1ccc(/C=C2/N=C(c3ccc(C)cc3)OC2=O)cc1. The number of rotatable bonds is 3. The molecule has 1 aliphatic rings. The monoisotopic (exact) mass is 321 g/mol. The Balaban J connectivity index is 1.83. The predicted molar refractivity (Wildman–Crippen MR) is 89.5 cm³/mol. The van der Waals surface area contributed by atoms with Crippen LogP contribution in [0.4, 0.5) is 0 Å². The van der Waals surface area contributed by atoms with Crippen molar-refractivity contribution in [2.24, 2.45) is 4.99 Å². The number of hydrogen-bond acceptors (Lipinski definition) is 5. The van der Waals surface area contributed by atoms with E-state index in [1.54, 1.807) is 30.3 Å². The van der Waals surface area contributed by atoms with Crippen molar-refractivity contribution < 1.29 is 19.1 Å². The van der Waals surface area contributed by atoms with E-state index < -0.39 is 5.97 Å². The Morgan fingerprint density at radius 3 is 2.38 bits per heavy atom. The molecule has 0 spiro atoms. The number of hydrogen-bond donors (Lipinski definition) is 0. The minimum Gasteiger partial charge on any atom is -0.427 e. The number of esters is 2. The molecule has 5 nitrogen and oxygen atoms in total. The second-order valence-corrected chi connectivity index (χ2v) is 5.36. The third-order valence-corrected chi connectivity index (χ3v) is 3.36.